The van der Waals surface area contributed by atoms with Crippen LogP contribution in [-0.2, 0) is 0 Å². The van der Waals surface area contributed by atoms with Crippen LogP contribution in [-0.4, -0.2) is 46.1 Å². The molecule has 44 heavy (non-hydrogen) atoms. The predicted molar refractivity (Wildman–Crippen MR) is 186 cm³/mol. The molecule has 8 aliphatic carbocycles. The zero-order valence-corrected chi connectivity index (χ0v) is 29.0. The Balaban J connectivity index is 1.20. The van der Waals surface area contributed by atoms with E-state index in [9.17, 15) is 0 Å². The first-order valence-corrected chi connectivity index (χ1v) is 21.4. The summed E-state index contributed by atoms with van der Waals surface area (Å²) in [6, 6.07) is 5.58. The molecule has 250 valence electrons. The van der Waals surface area contributed by atoms with Crippen LogP contribution in [0.15, 0.2) is 0 Å². The van der Waals surface area contributed by atoms with E-state index in [4.69, 9.17) is 0 Å². The van der Waals surface area contributed by atoms with Gasteiger partial charge >= 0.3 is 0 Å². The summed E-state index contributed by atoms with van der Waals surface area (Å²) >= 11 is 0. The summed E-state index contributed by atoms with van der Waals surface area (Å²) in [6.45, 7) is 0. The minimum atomic E-state index is 0.925. The van der Waals surface area contributed by atoms with Crippen molar-refractivity contribution in [2.24, 2.45) is 35.5 Å². The lowest BCUT2D eigenvalue weighted by atomic mass is 9.50. The van der Waals surface area contributed by atoms with Gasteiger partial charge in [0.25, 0.3) is 0 Å². The van der Waals surface area contributed by atoms with Gasteiger partial charge in [0.2, 0.25) is 0 Å². The first-order chi connectivity index (χ1) is 21.9. The molecule has 8 saturated carbocycles. The van der Waals surface area contributed by atoms with Crippen molar-refractivity contribution < 1.29 is 0 Å². The Kier molecular flexibility index (Phi) is 10.3. The number of fused-ring (bicyclic) bond motifs is 3. The summed E-state index contributed by atoms with van der Waals surface area (Å²) in [5, 5.41) is 0. The molecule has 0 heterocycles. The second-order valence-electron chi connectivity index (χ2n) is 18.3. The zero-order valence-electron chi connectivity index (χ0n) is 29.0. The van der Waals surface area contributed by atoms with Crippen LogP contribution in [0.5, 0.6) is 0 Å². The molecule has 0 amide bonds. The molecule has 0 bridgehead atoms. The smallest absolute Gasteiger partial charge is 0.0164 e. The molecule has 0 aromatic heterocycles. The van der Waals surface area contributed by atoms with Crippen LogP contribution < -0.4 is 0 Å². The van der Waals surface area contributed by atoms with Crippen molar-refractivity contribution in [3.63, 3.8) is 0 Å². The number of rotatable bonds is 6. The van der Waals surface area contributed by atoms with Gasteiger partial charge in [-0.3, -0.25) is 9.80 Å². The summed E-state index contributed by atoms with van der Waals surface area (Å²) in [4.78, 5) is 6.92. The van der Waals surface area contributed by atoms with Crippen LogP contribution in [0.4, 0.5) is 0 Å². The Labute approximate surface area is 273 Å². The van der Waals surface area contributed by atoms with Crippen LogP contribution in [0.3, 0.4) is 0 Å². The van der Waals surface area contributed by atoms with Gasteiger partial charge in [0.05, 0.1) is 0 Å². The normalized spacial score (nSPS) is 42.1. The molecule has 0 saturated heterocycles. The van der Waals surface area contributed by atoms with Crippen molar-refractivity contribution in [1.29, 1.82) is 0 Å². The highest BCUT2D eigenvalue weighted by molar-refractivity contribution is 5.11. The monoisotopic (exact) mass is 605 g/mol. The van der Waals surface area contributed by atoms with E-state index in [-0.39, 0.29) is 0 Å². The topological polar surface area (TPSA) is 6.48 Å². The molecule has 2 heteroatoms. The summed E-state index contributed by atoms with van der Waals surface area (Å²) in [5.74, 6) is 6.19. The molecule has 0 aromatic rings. The highest BCUT2D eigenvalue weighted by Crippen LogP contribution is 2.59. The van der Waals surface area contributed by atoms with Gasteiger partial charge in [0.1, 0.15) is 0 Å². The van der Waals surface area contributed by atoms with Crippen LogP contribution >= 0.6 is 0 Å². The molecule has 0 spiro atoms. The lowest BCUT2D eigenvalue weighted by Gasteiger charge is -2.65. The number of hydrogen-bond acceptors (Lipinski definition) is 2. The third-order valence-electron chi connectivity index (χ3n) is 16.1. The fraction of sp³-hybridized carbons (Fsp3) is 1.00. The SMILES string of the molecule is C1CCC(N(C2CCCCC2)C2C3CCCCC3CC3C2CC2CCCCC2C3N(C2CCCCC2)C2CCCCC2)CC1. The molecule has 0 aliphatic heterocycles. The molecular formula is C42H72N2. The maximum atomic E-state index is 3.46. The second-order valence-corrected chi connectivity index (χ2v) is 18.3. The van der Waals surface area contributed by atoms with E-state index in [1.807, 2.05) is 0 Å². The van der Waals surface area contributed by atoms with Gasteiger partial charge in [-0.1, -0.05) is 116 Å². The van der Waals surface area contributed by atoms with Crippen LogP contribution in [0.25, 0.3) is 0 Å². The van der Waals surface area contributed by atoms with Gasteiger partial charge in [-0.2, -0.15) is 0 Å². The van der Waals surface area contributed by atoms with Gasteiger partial charge in [-0.25, -0.2) is 0 Å². The van der Waals surface area contributed by atoms with Gasteiger partial charge in [0.15, 0.2) is 0 Å². The van der Waals surface area contributed by atoms with E-state index in [0.717, 1.165) is 71.8 Å². The molecule has 8 rings (SSSR count). The van der Waals surface area contributed by atoms with Gasteiger partial charge < -0.3 is 0 Å². The summed E-state index contributed by atoms with van der Waals surface area (Å²) in [7, 11) is 0. The highest BCUT2D eigenvalue weighted by atomic mass is 15.3. The van der Waals surface area contributed by atoms with Crippen molar-refractivity contribution >= 4 is 0 Å². The average molecular weight is 605 g/mol. The third kappa shape index (κ3) is 6.26. The van der Waals surface area contributed by atoms with Crippen molar-refractivity contribution in [2.45, 2.75) is 229 Å². The Bertz CT molecular complexity index is 768. The van der Waals surface area contributed by atoms with Crippen molar-refractivity contribution in [3.05, 3.63) is 0 Å². The van der Waals surface area contributed by atoms with Crippen molar-refractivity contribution in [2.75, 3.05) is 0 Å². The minimum Gasteiger partial charge on any atom is -0.294 e. The molecule has 8 fully saturated rings. The van der Waals surface area contributed by atoms with Crippen LogP contribution in [0.2, 0.25) is 0 Å². The molecule has 0 N–H and O–H groups in total. The van der Waals surface area contributed by atoms with E-state index in [2.05, 4.69) is 9.80 Å². The molecule has 8 unspecified atom stereocenters. The molecule has 8 atom stereocenters. The quantitative estimate of drug-likeness (QED) is 0.297. The largest absolute Gasteiger partial charge is 0.294 e. The molecule has 8 aliphatic rings. The minimum absolute atomic E-state index is 0.925. The van der Waals surface area contributed by atoms with E-state index in [1.165, 1.54) is 128 Å². The van der Waals surface area contributed by atoms with Gasteiger partial charge in [0, 0.05) is 36.3 Å². The molecular weight excluding hydrogens is 532 g/mol. The molecule has 2 nitrogen and oxygen atoms in total. The summed E-state index contributed by atoms with van der Waals surface area (Å²) in [5.41, 5.74) is 0. The highest BCUT2D eigenvalue weighted by Gasteiger charge is 2.58. The number of nitrogens with zero attached hydrogens (tertiary/aromatic N) is 2. The maximum absolute atomic E-state index is 3.46. The lowest BCUT2D eigenvalue weighted by Crippen LogP contribution is -2.68. The Hall–Kier alpha value is -0.0800. The zero-order chi connectivity index (χ0) is 29.3. The third-order valence-corrected chi connectivity index (χ3v) is 16.1. The van der Waals surface area contributed by atoms with E-state index >= 15 is 0 Å². The first kappa shape index (κ1) is 31.2. The molecule has 0 radical (unpaired) electrons. The van der Waals surface area contributed by atoms with Crippen LogP contribution in [0, 0.1) is 35.5 Å². The first-order valence-electron chi connectivity index (χ1n) is 21.4. The fourth-order valence-corrected chi connectivity index (χ4v) is 14.4. The Morgan fingerprint density at radius 1 is 0.250 bits per heavy atom. The fourth-order valence-electron chi connectivity index (χ4n) is 14.4. The number of hydrogen-bond donors (Lipinski definition) is 0. The van der Waals surface area contributed by atoms with Gasteiger partial charge in [-0.15, -0.1) is 0 Å². The standard InChI is InChI=1S/C42H72N2/c1-5-19-33(20-6-1)43(34-21-7-2-8-22-34)41-37-27-15-13-17-31(37)30-40-39(41)29-32-18-14-16-28-38(32)42(40)44(35-23-9-3-10-24-35)36-25-11-4-12-26-36/h31-42H,1-30H2. The maximum Gasteiger partial charge on any atom is 0.0164 e. The Morgan fingerprint density at radius 3 is 0.841 bits per heavy atom. The predicted octanol–water partition coefficient (Wildman–Crippen LogP) is 11.3. The summed E-state index contributed by atoms with van der Waals surface area (Å²) < 4.78 is 0. The second kappa shape index (κ2) is 14.6. The van der Waals surface area contributed by atoms with E-state index in [1.54, 1.807) is 64.2 Å². The Morgan fingerprint density at radius 2 is 0.523 bits per heavy atom. The van der Waals surface area contributed by atoms with Gasteiger partial charge in [-0.05, 0) is 113 Å². The lowest BCUT2D eigenvalue weighted by molar-refractivity contribution is -0.152. The van der Waals surface area contributed by atoms with Crippen LogP contribution in [0.1, 0.15) is 193 Å². The van der Waals surface area contributed by atoms with Crippen molar-refractivity contribution in [1.82, 2.24) is 9.80 Å². The van der Waals surface area contributed by atoms with E-state index < -0.39 is 0 Å². The van der Waals surface area contributed by atoms with Crippen molar-refractivity contribution in [3.8, 4) is 0 Å². The average Bonchev–Trinajstić information content (AvgIpc) is 3.10. The van der Waals surface area contributed by atoms with E-state index in [0.29, 0.717) is 0 Å². The molecule has 0 aromatic carbocycles. The summed E-state index contributed by atoms with van der Waals surface area (Å²) in [6.07, 6.45) is 46.3.